The van der Waals surface area contributed by atoms with Crippen LogP contribution in [-0.2, 0) is 4.79 Å². The molecule has 5 nitrogen and oxygen atoms in total. The van der Waals surface area contributed by atoms with Gasteiger partial charge in [0, 0.05) is 33.2 Å². The summed E-state index contributed by atoms with van der Waals surface area (Å²) < 4.78 is 0. The molecule has 2 fully saturated rings. The van der Waals surface area contributed by atoms with Crippen LogP contribution in [0.3, 0.4) is 0 Å². The molecule has 0 N–H and O–H groups in total. The number of piperidine rings is 1. The molecule has 5 heteroatoms. The summed E-state index contributed by atoms with van der Waals surface area (Å²) in [5.74, 6) is 0.624. The molecule has 0 radical (unpaired) electrons. The lowest BCUT2D eigenvalue weighted by Crippen LogP contribution is -2.49. The van der Waals surface area contributed by atoms with Crippen LogP contribution in [0.1, 0.15) is 26.2 Å². The number of hydrogen-bond donors (Lipinski definition) is 0. The maximum absolute atomic E-state index is 12.4. The van der Waals surface area contributed by atoms with Gasteiger partial charge in [0.15, 0.2) is 0 Å². The van der Waals surface area contributed by atoms with Gasteiger partial charge in [0.2, 0.25) is 5.91 Å². The summed E-state index contributed by atoms with van der Waals surface area (Å²) in [6, 6.07) is 0.0465. The van der Waals surface area contributed by atoms with E-state index in [0.717, 1.165) is 32.5 Å². The Morgan fingerprint density at radius 2 is 1.89 bits per heavy atom. The minimum absolute atomic E-state index is 0.0465. The third kappa shape index (κ3) is 2.94. The Labute approximate surface area is 109 Å². The third-order valence-electron chi connectivity index (χ3n) is 3.87. The van der Waals surface area contributed by atoms with E-state index >= 15 is 0 Å². The molecule has 0 aromatic heterocycles. The van der Waals surface area contributed by atoms with E-state index in [1.165, 1.54) is 6.42 Å². The maximum Gasteiger partial charge on any atom is 0.320 e. The van der Waals surface area contributed by atoms with Gasteiger partial charge in [-0.25, -0.2) is 4.79 Å². The van der Waals surface area contributed by atoms with Gasteiger partial charge >= 0.3 is 6.03 Å². The topological polar surface area (TPSA) is 43.9 Å². The molecule has 0 aromatic rings. The Morgan fingerprint density at radius 1 is 1.17 bits per heavy atom. The summed E-state index contributed by atoms with van der Waals surface area (Å²) in [7, 11) is 1.80. The van der Waals surface area contributed by atoms with Gasteiger partial charge in [0.25, 0.3) is 0 Å². The highest BCUT2D eigenvalue weighted by Crippen LogP contribution is 2.17. The van der Waals surface area contributed by atoms with E-state index in [4.69, 9.17) is 0 Å². The van der Waals surface area contributed by atoms with Crippen molar-refractivity contribution in [3.05, 3.63) is 0 Å². The lowest BCUT2D eigenvalue weighted by Gasteiger charge is -2.34. The van der Waals surface area contributed by atoms with Crippen molar-refractivity contribution in [2.75, 3.05) is 39.8 Å². The molecule has 0 bridgehead atoms. The van der Waals surface area contributed by atoms with Gasteiger partial charge in [-0.1, -0.05) is 6.92 Å². The van der Waals surface area contributed by atoms with Crippen LogP contribution in [0.25, 0.3) is 0 Å². The van der Waals surface area contributed by atoms with Crippen LogP contribution in [0.5, 0.6) is 0 Å². The fourth-order valence-corrected chi connectivity index (χ4v) is 2.71. The summed E-state index contributed by atoms with van der Waals surface area (Å²) in [4.78, 5) is 29.5. The van der Waals surface area contributed by atoms with Gasteiger partial charge in [0.1, 0.15) is 6.54 Å². The summed E-state index contributed by atoms with van der Waals surface area (Å²) >= 11 is 0. The zero-order valence-electron chi connectivity index (χ0n) is 11.4. The van der Waals surface area contributed by atoms with Gasteiger partial charge in [-0.2, -0.15) is 0 Å². The highest BCUT2D eigenvalue weighted by Gasteiger charge is 2.28. The molecule has 18 heavy (non-hydrogen) atoms. The maximum atomic E-state index is 12.4. The molecular weight excluding hydrogens is 230 g/mol. The lowest BCUT2D eigenvalue weighted by molar-refractivity contribution is -0.129. The third-order valence-corrected chi connectivity index (χ3v) is 3.87. The zero-order valence-corrected chi connectivity index (χ0v) is 11.4. The van der Waals surface area contributed by atoms with Crippen molar-refractivity contribution < 1.29 is 9.59 Å². The fourth-order valence-electron chi connectivity index (χ4n) is 2.71. The molecule has 3 amide bonds. The molecule has 2 heterocycles. The zero-order chi connectivity index (χ0) is 13.1. The molecule has 1 unspecified atom stereocenters. The van der Waals surface area contributed by atoms with E-state index in [0.29, 0.717) is 12.5 Å². The molecule has 1 atom stereocenters. The van der Waals surface area contributed by atoms with Crippen molar-refractivity contribution in [1.82, 2.24) is 14.7 Å². The molecular formula is C13H23N3O2. The molecule has 102 valence electrons. The predicted octanol–water partition coefficient (Wildman–Crippen LogP) is 1.00. The Morgan fingerprint density at radius 3 is 2.61 bits per heavy atom. The van der Waals surface area contributed by atoms with Crippen molar-refractivity contribution in [2.45, 2.75) is 26.2 Å². The number of urea groups is 1. The molecule has 2 saturated heterocycles. The monoisotopic (exact) mass is 253 g/mol. The number of likely N-dealkylation sites (tertiary alicyclic amines) is 1. The van der Waals surface area contributed by atoms with Gasteiger partial charge < -0.3 is 14.7 Å². The summed E-state index contributed by atoms with van der Waals surface area (Å²) in [5.41, 5.74) is 0. The number of rotatable bonds is 0. The second-order valence-corrected chi connectivity index (χ2v) is 5.57. The molecule has 2 rings (SSSR count). The normalized spacial score (nSPS) is 26.2. The SMILES string of the molecule is CC1CCCN(C(=O)N2CCCN(C)C(=O)C2)C1. The Bertz CT molecular complexity index is 332. The van der Waals surface area contributed by atoms with Crippen molar-refractivity contribution >= 4 is 11.9 Å². The van der Waals surface area contributed by atoms with Gasteiger partial charge in [-0.15, -0.1) is 0 Å². The average molecular weight is 253 g/mol. The molecule has 0 saturated carbocycles. The first-order valence-corrected chi connectivity index (χ1v) is 6.85. The van der Waals surface area contributed by atoms with Crippen LogP contribution >= 0.6 is 0 Å². The van der Waals surface area contributed by atoms with Crippen molar-refractivity contribution in [1.29, 1.82) is 0 Å². The number of carbonyl (C=O) groups is 2. The first-order valence-electron chi connectivity index (χ1n) is 6.85. The molecule has 0 spiro atoms. The summed E-state index contributed by atoms with van der Waals surface area (Å²) in [5, 5.41) is 0. The quantitative estimate of drug-likeness (QED) is 0.646. The van der Waals surface area contributed by atoms with Crippen LogP contribution in [0, 0.1) is 5.92 Å². The number of nitrogens with zero attached hydrogens (tertiary/aromatic N) is 3. The molecule has 2 aliphatic heterocycles. The molecule has 0 aromatic carbocycles. The Hall–Kier alpha value is -1.26. The number of carbonyl (C=O) groups excluding carboxylic acids is 2. The summed E-state index contributed by atoms with van der Waals surface area (Å²) in [6.45, 7) is 5.53. The van der Waals surface area contributed by atoms with Crippen LogP contribution in [0.4, 0.5) is 4.79 Å². The highest BCUT2D eigenvalue weighted by atomic mass is 16.2. The number of amides is 3. The summed E-state index contributed by atoms with van der Waals surface area (Å²) in [6.07, 6.45) is 3.15. The van der Waals surface area contributed by atoms with E-state index in [1.54, 1.807) is 16.8 Å². The van der Waals surface area contributed by atoms with Crippen molar-refractivity contribution in [3.63, 3.8) is 0 Å². The lowest BCUT2D eigenvalue weighted by atomic mass is 10.0. The second kappa shape index (κ2) is 5.59. The minimum Gasteiger partial charge on any atom is -0.344 e. The van der Waals surface area contributed by atoms with Crippen LogP contribution < -0.4 is 0 Å². The predicted molar refractivity (Wildman–Crippen MR) is 69.2 cm³/mol. The van der Waals surface area contributed by atoms with Crippen molar-refractivity contribution in [2.24, 2.45) is 5.92 Å². The van der Waals surface area contributed by atoms with E-state index in [1.807, 2.05) is 4.90 Å². The first-order chi connectivity index (χ1) is 8.58. The van der Waals surface area contributed by atoms with Gasteiger partial charge in [0.05, 0.1) is 0 Å². The minimum atomic E-state index is 0.0465. The second-order valence-electron chi connectivity index (χ2n) is 5.57. The van der Waals surface area contributed by atoms with Crippen LogP contribution in [0.15, 0.2) is 0 Å². The van der Waals surface area contributed by atoms with Gasteiger partial charge in [-0.05, 0) is 25.2 Å². The molecule has 0 aliphatic carbocycles. The number of hydrogen-bond acceptors (Lipinski definition) is 2. The van der Waals surface area contributed by atoms with Crippen LogP contribution in [0.2, 0.25) is 0 Å². The standard InChI is InChI=1S/C13H23N3O2/c1-11-5-3-7-15(9-11)13(18)16-8-4-6-14(2)12(17)10-16/h11H,3-10H2,1-2H3. The van der Waals surface area contributed by atoms with E-state index in [9.17, 15) is 9.59 Å². The molecule has 2 aliphatic rings. The largest absolute Gasteiger partial charge is 0.344 e. The average Bonchev–Trinajstić information content (AvgIpc) is 2.51. The Kier molecular flexibility index (Phi) is 4.09. The smallest absolute Gasteiger partial charge is 0.320 e. The van der Waals surface area contributed by atoms with E-state index in [2.05, 4.69) is 6.92 Å². The first kappa shape index (κ1) is 13.2. The van der Waals surface area contributed by atoms with E-state index in [-0.39, 0.29) is 18.5 Å². The highest BCUT2D eigenvalue weighted by molar-refractivity contribution is 5.84. The van der Waals surface area contributed by atoms with Crippen LogP contribution in [-0.4, -0.2) is 66.4 Å². The fraction of sp³-hybridized carbons (Fsp3) is 0.846. The van der Waals surface area contributed by atoms with Crippen molar-refractivity contribution in [3.8, 4) is 0 Å². The Balaban J connectivity index is 1.97. The number of likely N-dealkylation sites (N-methyl/N-ethyl adjacent to an activating group) is 1. The van der Waals surface area contributed by atoms with Gasteiger partial charge in [-0.3, -0.25) is 4.79 Å². The van der Waals surface area contributed by atoms with E-state index < -0.39 is 0 Å².